The second-order valence-electron chi connectivity index (χ2n) is 4.65. The number of aryl methyl sites for hydroxylation is 1. The molecule has 3 nitrogen and oxygen atoms in total. The molecule has 1 aromatic carbocycles. The van der Waals surface area contributed by atoms with Crippen molar-refractivity contribution in [3.63, 3.8) is 0 Å². The lowest BCUT2D eigenvalue weighted by Gasteiger charge is -2.13. The van der Waals surface area contributed by atoms with E-state index < -0.39 is 0 Å². The Balaban J connectivity index is 2.13. The Morgan fingerprint density at radius 1 is 1.21 bits per heavy atom. The molecule has 1 heterocycles. The van der Waals surface area contributed by atoms with Gasteiger partial charge in [-0.3, -0.25) is 4.98 Å². The molecule has 1 atom stereocenters. The number of ether oxygens (including phenoxy) is 1. The molecular weight excluding hydrogens is 236 g/mol. The Hall–Kier alpha value is -1.87. The zero-order chi connectivity index (χ0) is 13.7. The van der Waals surface area contributed by atoms with Gasteiger partial charge in [-0.2, -0.15) is 0 Å². The van der Waals surface area contributed by atoms with Crippen LogP contribution in [-0.2, 0) is 0 Å². The van der Waals surface area contributed by atoms with Gasteiger partial charge in [0.2, 0.25) is 0 Å². The lowest BCUT2D eigenvalue weighted by atomic mass is 10.0. The fourth-order valence-corrected chi connectivity index (χ4v) is 1.89. The van der Waals surface area contributed by atoms with E-state index in [1.165, 1.54) is 5.56 Å². The van der Waals surface area contributed by atoms with Gasteiger partial charge >= 0.3 is 0 Å². The summed E-state index contributed by atoms with van der Waals surface area (Å²) in [5, 5.41) is 0. The van der Waals surface area contributed by atoms with Crippen LogP contribution in [0.15, 0.2) is 42.6 Å². The number of nitrogens with zero attached hydrogens (tertiary/aromatic N) is 1. The van der Waals surface area contributed by atoms with Gasteiger partial charge in [0, 0.05) is 6.20 Å². The van der Waals surface area contributed by atoms with Crippen LogP contribution in [0.1, 0.15) is 36.2 Å². The number of hydrogen-bond acceptors (Lipinski definition) is 3. The molecule has 0 spiro atoms. The molecule has 1 aromatic heterocycles. The zero-order valence-corrected chi connectivity index (χ0v) is 11.5. The van der Waals surface area contributed by atoms with Crippen LogP contribution in [-0.4, -0.2) is 11.6 Å². The van der Waals surface area contributed by atoms with Gasteiger partial charge in [-0.15, -0.1) is 0 Å². The van der Waals surface area contributed by atoms with Crippen molar-refractivity contribution >= 4 is 0 Å². The first-order valence-corrected chi connectivity index (χ1v) is 6.61. The van der Waals surface area contributed by atoms with Gasteiger partial charge in [0.1, 0.15) is 5.75 Å². The molecule has 0 aliphatic rings. The minimum Gasteiger partial charge on any atom is -0.494 e. The SMILES string of the molecule is CCCOc1ccc(C(N)c2cc(C)ccn2)cc1. The van der Waals surface area contributed by atoms with Crippen LogP contribution in [0.2, 0.25) is 0 Å². The Kier molecular flexibility index (Phi) is 4.53. The summed E-state index contributed by atoms with van der Waals surface area (Å²) in [7, 11) is 0. The highest BCUT2D eigenvalue weighted by Crippen LogP contribution is 2.21. The average Bonchev–Trinajstić information content (AvgIpc) is 2.45. The highest BCUT2D eigenvalue weighted by atomic mass is 16.5. The maximum atomic E-state index is 6.23. The number of rotatable bonds is 5. The summed E-state index contributed by atoms with van der Waals surface area (Å²) in [6.45, 7) is 4.87. The molecule has 0 aliphatic heterocycles. The molecule has 0 saturated carbocycles. The van der Waals surface area contributed by atoms with Crippen molar-refractivity contribution in [3.05, 3.63) is 59.4 Å². The van der Waals surface area contributed by atoms with Gasteiger partial charge in [0.15, 0.2) is 0 Å². The molecule has 1 unspecified atom stereocenters. The minimum atomic E-state index is -0.194. The third-order valence-corrected chi connectivity index (χ3v) is 2.97. The Bertz CT molecular complexity index is 523. The summed E-state index contributed by atoms with van der Waals surface area (Å²) < 4.78 is 5.56. The fourth-order valence-electron chi connectivity index (χ4n) is 1.89. The molecule has 0 bridgehead atoms. The third kappa shape index (κ3) is 3.55. The summed E-state index contributed by atoms with van der Waals surface area (Å²) in [6.07, 6.45) is 2.80. The van der Waals surface area contributed by atoms with Crippen LogP contribution in [0.4, 0.5) is 0 Å². The first-order valence-electron chi connectivity index (χ1n) is 6.61. The van der Waals surface area contributed by atoms with Gasteiger partial charge in [-0.1, -0.05) is 19.1 Å². The number of pyridine rings is 1. The maximum absolute atomic E-state index is 6.23. The molecule has 0 aliphatic carbocycles. The quantitative estimate of drug-likeness (QED) is 0.893. The highest BCUT2D eigenvalue weighted by Gasteiger charge is 2.10. The normalized spacial score (nSPS) is 12.2. The highest BCUT2D eigenvalue weighted by molar-refractivity contribution is 5.33. The molecule has 2 N–H and O–H groups in total. The zero-order valence-electron chi connectivity index (χ0n) is 11.5. The standard InChI is InChI=1S/C16H20N2O/c1-3-10-19-14-6-4-13(5-7-14)16(17)15-11-12(2)8-9-18-15/h4-9,11,16H,3,10,17H2,1-2H3. The van der Waals surface area contributed by atoms with Crippen molar-refractivity contribution in [2.24, 2.45) is 5.73 Å². The third-order valence-electron chi connectivity index (χ3n) is 2.97. The van der Waals surface area contributed by atoms with Crippen molar-refractivity contribution in [2.45, 2.75) is 26.3 Å². The van der Waals surface area contributed by atoms with Crippen LogP contribution >= 0.6 is 0 Å². The lowest BCUT2D eigenvalue weighted by Crippen LogP contribution is -2.13. The molecule has 0 fully saturated rings. The Morgan fingerprint density at radius 3 is 2.58 bits per heavy atom. The average molecular weight is 256 g/mol. The van der Waals surface area contributed by atoms with Crippen LogP contribution in [0.25, 0.3) is 0 Å². The lowest BCUT2D eigenvalue weighted by molar-refractivity contribution is 0.317. The van der Waals surface area contributed by atoms with Crippen LogP contribution in [0, 0.1) is 6.92 Å². The van der Waals surface area contributed by atoms with Gasteiger partial charge in [-0.05, 0) is 48.7 Å². The first kappa shape index (κ1) is 13.6. The van der Waals surface area contributed by atoms with E-state index >= 15 is 0 Å². The number of benzene rings is 1. The fraction of sp³-hybridized carbons (Fsp3) is 0.312. The van der Waals surface area contributed by atoms with Crippen LogP contribution in [0.3, 0.4) is 0 Å². The largest absolute Gasteiger partial charge is 0.494 e. The topological polar surface area (TPSA) is 48.1 Å². The van der Waals surface area contributed by atoms with Gasteiger partial charge < -0.3 is 10.5 Å². The molecular formula is C16H20N2O. The molecule has 2 rings (SSSR count). The predicted molar refractivity (Wildman–Crippen MR) is 77.2 cm³/mol. The predicted octanol–water partition coefficient (Wildman–Crippen LogP) is 3.23. The minimum absolute atomic E-state index is 0.194. The van der Waals surface area contributed by atoms with Crippen molar-refractivity contribution < 1.29 is 4.74 Å². The van der Waals surface area contributed by atoms with Crippen molar-refractivity contribution in [2.75, 3.05) is 6.61 Å². The van der Waals surface area contributed by atoms with Crippen LogP contribution in [0.5, 0.6) is 5.75 Å². The van der Waals surface area contributed by atoms with Crippen molar-refractivity contribution in [3.8, 4) is 5.75 Å². The van der Waals surface area contributed by atoms with E-state index in [0.717, 1.165) is 30.0 Å². The molecule has 2 aromatic rings. The molecule has 0 amide bonds. The number of aromatic nitrogens is 1. The Morgan fingerprint density at radius 2 is 1.95 bits per heavy atom. The van der Waals surface area contributed by atoms with E-state index in [4.69, 9.17) is 10.5 Å². The second-order valence-corrected chi connectivity index (χ2v) is 4.65. The maximum Gasteiger partial charge on any atom is 0.119 e. The molecule has 0 radical (unpaired) electrons. The van der Waals surface area contributed by atoms with Crippen LogP contribution < -0.4 is 10.5 Å². The first-order chi connectivity index (χ1) is 9.20. The van der Waals surface area contributed by atoms with Gasteiger partial charge in [-0.25, -0.2) is 0 Å². The Labute approximate surface area is 114 Å². The summed E-state index contributed by atoms with van der Waals surface area (Å²) in [6, 6.07) is 11.7. The van der Waals surface area contributed by atoms with Crippen molar-refractivity contribution in [1.29, 1.82) is 0 Å². The number of hydrogen-bond donors (Lipinski definition) is 1. The van der Waals surface area contributed by atoms with E-state index in [2.05, 4.69) is 11.9 Å². The molecule has 100 valence electrons. The number of nitrogens with two attached hydrogens (primary N) is 1. The second kappa shape index (κ2) is 6.34. The van der Waals surface area contributed by atoms with E-state index in [-0.39, 0.29) is 6.04 Å². The van der Waals surface area contributed by atoms with E-state index in [1.54, 1.807) is 6.20 Å². The van der Waals surface area contributed by atoms with E-state index in [0.29, 0.717) is 0 Å². The molecule has 0 saturated heterocycles. The van der Waals surface area contributed by atoms with E-state index in [1.807, 2.05) is 43.3 Å². The summed E-state index contributed by atoms with van der Waals surface area (Å²) in [5.74, 6) is 0.884. The van der Waals surface area contributed by atoms with E-state index in [9.17, 15) is 0 Å². The summed E-state index contributed by atoms with van der Waals surface area (Å²) in [5.41, 5.74) is 9.34. The smallest absolute Gasteiger partial charge is 0.119 e. The summed E-state index contributed by atoms with van der Waals surface area (Å²) >= 11 is 0. The van der Waals surface area contributed by atoms with Gasteiger partial charge in [0.05, 0.1) is 18.3 Å². The summed E-state index contributed by atoms with van der Waals surface area (Å²) in [4.78, 5) is 4.33. The monoisotopic (exact) mass is 256 g/mol. The molecule has 3 heteroatoms. The van der Waals surface area contributed by atoms with Gasteiger partial charge in [0.25, 0.3) is 0 Å². The van der Waals surface area contributed by atoms with Crippen molar-refractivity contribution in [1.82, 2.24) is 4.98 Å². The molecule has 19 heavy (non-hydrogen) atoms.